The van der Waals surface area contributed by atoms with E-state index >= 15 is 0 Å². The van der Waals surface area contributed by atoms with Gasteiger partial charge in [-0.05, 0) is 23.8 Å². The first-order valence-electron chi connectivity index (χ1n) is 5.64. The van der Waals surface area contributed by atoms with Crippen LogP contribution in [-0.4, -0.2) is 9.13 Å². The number of nitro benzene ring substituents is 1. The Kier molecular flexibility index (Phi) is 4.36. The van der Waals surface area contributed by atoms with Gasteiger partial charge in [0.1, 0.15) is 0 Å². The molecule has 0 bridgehead atoms. The molecule has 2 rings (SSSR count). The van der Waals surface area contributed by atoms with Gasteiger partial charge in [-0.3, -0.25) is 14.3 Å². The lowest BCUT2D eigenvalue weighted by Gasteiger charge is -2.06. The number of non-ortho nitro benzene ring substituents is 1. The van der Waals surface area contributed by atoms with E-state index in [1.165, 1.54) is 12.1 Å². The number of nitrogen functional groups attached to an aromatic ring is 1. The Labute approximate surface area is 123 Å². The number of anilines is 1. The number of hydrogen-bond acceptors (Lipinski definition) is 4. The van der Waals surface area contributed by atoms with E-state index in [4.69, 9.17) is 17.3 Å². The molecule has 0 heterocycles. The first kappa shape index (κ1) is 14.5. The summed E-state index contributed by atoms with van der Waals surface area (Å²) in [6.07, 6.45) is 0. The van der Waals surface area contributed by atoms with Crippen molar-refractivity contribution in [2.24, 2.45) is 0 Å². The molecule has 2 aromatic rings. The fourth-order valence-electron chi connectivity index (χ4n) is 1.65. The second-order valence-electron chi connectivity index (χ2n) is 4.10. The summed E-state index contributed by atoms with van der Waals surface area (Å²) < 4.78 is 12.2. The summed E-state index contributed by atoms with van der Waals surface area (Å²) in [4.78, 5) is 10.5. The minimum absolute atomic E-state index is 0.00167. The highest BCUT2D eigenvalue weighted by Gasteiger charge is 2.11. The van der Waals surface area contributed by atoms with Crippen LogP contribution in [0.5, 0.6) is 0 Å². The molecule has 1 unspecified atom stereocenters. The van der Waals surface area contributed by atoms with Crippen molar-refractivity contribution in [2.45, 2.75) is 10.6 Å². The lowest BCUT2D eigenvalue weighted by atomic mass is 10.2. The van der Waals surface area contributed by atoms with Crippen molar-refractivity contribution in [3.63, 3.8) is 0 Å². The van der Waals surface area contributed by atoms with Crippen molar-refractivity contribution in [3.8, 4) is 0 Å². The lowest BCUT2D eigenvalue weighted by Crippen LogP contribution is -2.01. The molecule has 0 aliphatic heterocycles. The summed E-state index contributed by atoms with van der Waals surface area (Å²) in [6, 6.07) is 10.7. The second-order valence-corrected chi connectivity index (χ2v) is 5.95. The summed E-state index contributed by atoms with van der Waals surface area (Å²) in [7, 11) is -1.35. The molecule has 0 spiro atoms. The van der Waals surface area contributed by atoms with Gasteiger partial charge >= 0.3 is 0 Å². The number of nitrogens with two attached hydrogens (primary N) is 1. The highest BCUT2D eigenvalue weighted by Crippen LogP contribution is 2.23. The summed E-state index contributed by atoms with van der Waals surface area (Å²) in [5, 5.41) is 11.0. The van der Waals surface area contributed by atoms with E-state index in [9.17, 15) is 14.3 Å². The van der Waals surface area contributed by atoms with Crippen LogP contribution >= 0.6 is 11.6 Å². The molecule has 0 radical (unpaired) electrons. The average molecular weight is 311 g/mol. The molecule has 20 heavy (non-hydrogen) atoms. The number of nitrogens with zero attached hydrogens (tertiary/aromatic N) is 1. The van der Waals surface area contributed by atoms with Crippen LogP contribution in [0.3, 0.4) is 0 Å². The van der Waals surface area contributed by atoms with Gasteiger partial charge in [0.15, 0.2) is 0 Å². The lowest BCUT2D eigenvalue weighted by molar-refractivity contribution is -0.384. The van der Waals surface area contributed by atoms with Crippen LogP contribution in [0, 0.1) is 10.1 Å². The van der Waals surface area contributed by atoms with E-state index in [0.717, 1.165) is 5.56 Å². The molecule has 0 aliphatic carbocycles. The predicted octanol–water partition coefficient (Wildman–Crippen LogP) is 3.14. The molecule has 1 atom stereocenters. The van der Waals surface area contributed by atoms with Crippen LogP contribution in [0.1, 0.15) is 5.56 Å². The van der Waals surface area contributed by atoms with Crippen molar-refractivity contribution < 1.29 is 9.13 Å². The Hall–Kier alpha value is -1.92. The minimum Gasteiger partial charge on any atom is -0.398 e. The third-order valence-electron chi connectivity index (χ3n) is 2.67. The molecule has 7 heteroatoms. The standard InChI is InChI=1S/C13H11ClN2O3S/c14-10-3-6-12(15)13(7-10)20(19)8-9-1-4-11(5-2-9)16(17)18/h1-7H,8,15H2. The molecular weight excluding hydrogens is 300 g/mol. The van der Waals surface area contributed by atoms with Crippen LogP contribution in [0.25, 0.3) is 0 Å². The monoisotopic (exact) mass is 310 g/mol. The summed E-state index contributed by atoms with van der Waals surface area (Å²) >= 11 is 5.85. The second kappa shape index (κ2) is 6.02. The van der Waals surface area contributed by atoms with E-state index < -0.39 is 15.7 Å². The highest BCUT2D eigenvalue weighted by molar-refractivity contribution is 7.84. The highest BCUT2D eigenvalue weighted by atomic mass is 35.5. The Balaban J connectivity index is 2.19. The van der Waals surface area contributed by atoms with Gasteiger partial charge < -0.3 is 5.73 Å². The molecule has 0 fully saturated rings. The molecule has 0 aromatic heterocycles. The van der Waals surface area contributed by atoms with E-state index in [2.05, 4.69) is 0 Å². The van der Waals surface area contributed by atoms with Crippen LogP contribution in [0.4, 0.5) is 11.4 Å². The Morgan fingerprint density at radius 3 is 2.45 bits per heavy atom. The first-order valence-corrected chi connectivity index (χ1v) is 7.34. The van der Waals surface area contributed by atoms with Crippen molar-refractivity contribution in [1.29, 1.82) is 0 Å². The zero-order valence-electron chi connectivity index (χ0n) is 10.3. The van der Waals surface area contributed by atoms with E-state index in [-0.39, 0.29) is 11.4 Å². The van der Waals surface area contributed by atoms with Crippen LogP contribution in [0.15, 0.2) is 47.4 Å². The molecule has 0 saturated heterocycles. The zero-order chi connectivity index (χ0) is 14.7. The third-order valence-corrected chi connectivity index (χ3v) is 4.34. The zero-order valence-corrected chi connectivity index (χ0v) is 11.9. The third kappa shape index (κ3) is 3.34. The summed E-state index contributed by atoms with van der Waals surface area (Å²) in [6.45, 7) is 0. The number of rotatable bonds is 4. The normalized spacial score (nSPS) is 12.1. The summed E-state index contributed by atoms with van der Waals surface area (Å²) in [5.41, 5.74) is 6.91. The molecule has 0 amide bonds. The largest absolute Gasteiger partial charge is 0.398 e. The van der Waals surface area contributed by atoms with Crippen molar-refractivity contribution in [2.75, 3.05) is 5.73 Å². The van der Waals surface area contributed by atoms with Crippen molar-refractivity contribution in [3.05, 3.63) is 63.2 Å². The SMILES string of the molecule is Nc1ccc(Cl)cc1S(=O)Cc1ccc([N+](=O)[O-])cc1. The maximum Gasteiger partial charge on any atom is 0.269 e. The fraction of sp³-hybridized carbons (Fsp3) is 0.0769. The van der Waals surface area contributed by atoms with E-state index in [1.54, 1.807) is 30.3 Å². The topological polar surface area (TPSA) is 86.2 Å². The molecule has 5 nitrogen and oxygen atoms in total. The van der Waals surface area contributed by atoms with Crippen LogP contribution < -0.4 is 5.73 Å². The van der Waals surface area contributed by atoms with Crippen molar-refractivity contribution in [1.82, 2.24) is 0 Å². The summed E-state index contributed by atoms with van der Waals surface area (Å²) in [5.74, 6) is 0.225. The number of hydrogen-bond donors (Lipinski definition) is 1. The van der Waals surface area contributed by atoms with Gasteiger partial charge in [0, 0.05) is 22.8 Å². The molecular formula is C13H11ClN2O3S. The maximum absolute atomic E-state index is 12.2. The van der Waals surface area contributed by atoms with Gasteiger partial charge in [-0.2, -0.15) is 0 Å². The first-order chi connectivity index (χ1) is 9.47. The molecule has 0 saturated carbocycles. The number of halogens is 1. The van der Waals surface area contributed by atoms with Gasteiger partial charge in [0.05, 0.1) is 26.4 Å². The van der Waals surface area contributed by atoms with Crippen molar-refractivity contribution >= 4 is 33.8 Å². The minimum atomic E-state index is -1.35. The Morgan fingerprint density at radius 1 is 1.20 bits per heavy atom. The molecule has 104 valence electrons. The van der Waals surface area contributed by atoms with Gasteiger partial charge in [-0.1, -0.05) is 23.7 Å². The number of nitro groups is 1. The van der Waals surface area contributed by atoms with Crippen LogP contribution in [0.2, 0.25) is 5.02 Å². The van der Waals surface area contributed by atoms with Crippen LogP contribution in [-0.2, 0) is 16.6 Å². The predicted molar refractivity (Wildman–Crippen MR) is 79.1 cm³/mol. The smallest absolute Gasteiger partial charge is 0.269 e. The molecule has 2 N–H and O–H groups in total. The average Bonchev–Trinajstić information content (AvgIpc) is 2.42. The van der Waals surface area contributed by atoms with E-state index in [0.29, 0.717) is 15.6 Å². The van der Waals surface area contributed by atoms with E-state index in [1.807, 2.05) is 0 Å². The quantitative estimate of drug-likeness (QED) is 0.534. The van der Waals surface area contributed by atoms with Gasteiger partial charge in [0.25, 0.3) is 5.69 Å². The maximum atomic E-state index is 12.2. The molecule has 2 aromatic carbocycles. The van der Waals surface area contributed by atoms with Gasteiger partial charge in [-0.15, -0.1) is 0 Å². The Bertz CT molecular complexity index is 674. The molecule has 0 aliphatic rings. The van der Waals surface area contributed by atoms with Gasteiger partial charge in [-0.25, -0.2) is 0 Å². The van der Waals surface area contributed by atoms with Gasteiger partial charge in [0.2, 0.25) is 0 Å². The Morgan fingerprint density at radius 2 is 1.85 bits per heavy atom. The number of benzene rings is 2. The fourth-order valence-corrected chi connectivity index (χ4v) is 3.13.